The summed E-state index contributed by atoms with van der Waals surface area (Å²) in [5.74, 6) is -0.162. The standard InChI is InChI=1S/C11H11N3O2S2/c12-10-13-14-11(18-10)17-6-8-4-2-1-3-7(8)5-9(15)16/h1-4H,5-6H2,(H2,12,13)(H,15,16). The number of rotatable bonds is 5. The third kappa shape index (κ3) is 3.44. The molecule has 18 heavy (non-hydrogen) atoms. The second kappa shape index (κ2) is 5.83. The molecule has 0 spiro atoms. The molecule has 0 saturated carbocycles. The van der Waals surface area contributed by atoms with Crippen LogP contribution in [0.4, 0.5) is 5.13 Å². The van der Waals surface area contributed by atoms with Crippen LogP contribution >= 0.6 is 23.1 Å². The molecule has 94 valence electrons. The van der Waals surface area contributed by atoms with Crippen LogP contribution < -0.4 is 5.73 Å². The van der Waals surface area contributed by atoms with Gasteiger partial charge in [0.25, 0.3) is 0 Å². The molecule has 0 radical (unpaired) electrons. The summed E-state index contributed by atoms with van der Waals surface area (Å²) in [5.41, 5.74) is 7.32. The highest BCUT2D eigenvalue weighted by atomic mass is 32.2. The minimum atomic E-state index is -0.826. The smallest absolute Gasteiger partial charge is 0.307 e. The number of hydrogen-bond acceptors (Lipinski definition) is 6. The van der Waals surface area contributed by atoms with Crippen LogP contribution in [0.3, 0.4) is 0 Å². The van der Waals surface area contributed by atoms with E-state index in [1.54, 1.807) is 0 Å². The van der Waals surface area contributed by atoms with Gasteiger partial charge in [0, 0.05) is 5.75 Å². The highest BCUT2D eigenvalue weighted by molar-refractivity contribution is 8.00. The molecule has 0 amide bonds. The largest absolute Gasteiger partial charge is 0.481 e. The summed E-state index contributed by atoms with van der Waals surface area (Å²) in [6.45, 7) is 0. The van der Waals surface area contributed by atoms with E-state index in [1.165, 1.54) is 23.1 Å². The predicted molar refractivity (Wildman–Crippen MR) is 71.7 cm³/mol. The molecule has 5 nitrogen and oxygen atoms in total. The lowest BCUT2D eigenvalue weighted by Crippen LogP contribution is -2.02. The fourth-order valence-corrected chi connectivity index (χ4v) is 3.12. The molecule has 2 rings (SSSR count). The van der Waals surface area contributed by atoms with E-state index < -0.39 is 5.97 Å². The van der Waals surface area contributed by atoms with Crippen molar-refractivity contribution in [3.05, 3.63) is 35.4 Å². The maximum Gasteiger partial charge on any atom is 0.307 e. The fourth-order valence-electron chi connectivity index (χ4n) is 1.45. The first kappa shape index (κ1) is 12.8. The summed E-state index contributed by atoms with van der Waals surface area (Å²) >= 11 is 2.84. The molecule has 0 aliphatic heterocycles. The van der Waals surface area contributed by atoms with Gasteiger partial charge in [-0.25, -0.2) is 0 Å². The minimum Gasteiger partial charge on any atom is -0.481 e. The molecule has 0 aliphatic carbocycles. The Balaban J connectivity index is 2.06. The second-order valence-corrected chi connectivity index (χ2v) is 5.77. The first-order chi connectivity index (χ1) is 8.65. The summed E-state index contributed by atoms with van der Waals surface area (Å²) in [4.78, 5) is 10.8. The molecule has 0 aliphatic rings. The minimum absolute atomic E-state index is 0.0367. The summed E-state index contributed by atoms with van der Waals surface area (Å²) in [5, 5.41) is 16.9. The monoisotopic (exact) mass is 281 g/mol. The van der Waals surface area contributed by atoms with Crippen LogP contribution in [0.2, 0.25) is 0 Å². The summed E-state index contributed by atoms with van der Waals surface area (Å²) in [7, 11) is 0. The number of benzene rings is 1. The fraction of sp³-hybridized carbons (Fsp3) is 0.182. The molecule has 1 aromatic heterocycles. The lowest BCUT2D eigenvalue weighted by Gasteiger charge is -2.05. The molecule has 1 heterocycles. The number of thioether (sulfide) groups is 1. The van der Waals surface area contributed by atoms with E-state index in [0.717, 1.165) is 15.5 Å². The SMILES string of the molecule is Nc1nnc(SCc2ccccc2CC(=O)O)s1. The van der Waals surface area contributed by atoms with E-state index in [2.05, 4.69) is 10.2 Å². The first-order valence-corrected chi connectivity index (χ1v) is 6.95. The zero-order chi connectivity index (χ0) is 13.0. The number of aromatic nitrogens is 2. The van der Waals surface area contributed by atoms with Crippen molar-refractivity contribution in [3.63, 3.8) is 0 Å². The van der Waals surface area contributed by atoms with Crippen LogP contribution in [-0.2, 0) is 17.0 Å². The van der Waals surface area contributed by atoms with Crippen LogP contribution in [-0.4, -0.2) is 21.3 Å². The molecule has 0 atom stereocenters. The second-order valence-electron chi connectivity index (χ2n) is 3.53. The molecule has 0 bridgehead atoms. The molecule has 3 N–H and O–H groups in total. The average Bonchev–Trinajstić information content (AvgIpc) is 2.73. The van der Waals surface area contributed by atoms with E-state index in [9.17, 15) is 4.79 Å². The normalized spacial score (nSPS) is 10.4. The lowest BCUT2D eigenvalue weighted by molar-refractivity contribution is -0.136. The number of carboxylic acid groups (broad SMARTS) is 1. The number of nitrogens with zero attached hydrogens (tertiary/aromatic N) is 2. The lowest BCUT2D eigenvalue weighted by atomic mass is 10.1. The van der Waals surface area contributed by atoms with Crippen molar-refractivity contribution >= 4 is 34.2 Å². The molecule has 1 aromatic carbocycles. The third-order valence-corrected chi connectivity index (χ3v) is 4.17. The molecule has 0 fully saturated rings. The van der Waals surface area contributed by atoms with E-state index >= 15 is 0 Å². The molecule has 0 saturated heterocycles. The predicted octanol–water partition coefficient (Wildman–Crippen LogP) is 2.04. The average molecular weight is 281 g/mol. The van der Waals surface area contributed by atoms with Crippen LogP contribution in [0.15, 0.2) is 28.6 Å². The van der Waals surface area contributed by atoms with Gasteiger partial charge in [0.15, 0.2) is 4.34 Å². The summed E-state index contributed by atoms with van der Waals surface area (Å²) in [6.07, 6.45) is 0.0367. The van der Waals surface area contributed by atoms with Crippen molar-refractivity contribution in [2.75, 3.05) is 5.73 Å². The Morgan fingerprint density at radius 2 is 2.06 bits per heavy atom. The van der Waals surface area contributed by atoms with E-state index in [1.807, 2.05) is 24.3 Å². The van der Waals surface area contributed by atoms with E-state index in [4.69, 9.17) is 10.8 Å². The van der Waals surface area contributed by atoms with Crippen LogP contribution in [0.5, 0.6) is 0 Å². The number of carbonyl (C=O) groups is 1. The van der Waals surface area contributed by atoms with Gasteiger partial charge in [-0.3, -0.25) is 4.79 Å². The van der Waals surface area contributed by atoms with Gasteiger partial charge in [-0.2, -0.15) is 0 Å². The first-order valence-electron chi connectivity index (χ1n) is 5.15. The Bertz CT molecular complexity index is 557. The molecular formula is C11H11N3O2S2. The van der Waals surface area contributed by atoms with Gasteiger partial charge in [-0.15, -0.1) is 10.2 Å². The molecular weight excluding hydrogens is 270 g/mol. The van der Waals surface area contributed by atoms with Gasteiger partial charge in [0.2, 0.25) is 5.13 Å². The zero-order valence-corrected chi connectivity index (χ0v) is 11.0. The Labute approximate surface area is 112 Å². The van der Waals surface area contributed by atoms with Crippen molar-refractivity contribution in [1.82, 2.24) is 10.2 Å². The maximum atomic E-state index is 10.8. The summed E-state index contributed by atoms with van der Waals surface area (Å²) < 4.78 is 0.789. The number of hydrogen-bond donors (Lipinski definition) is 2. The molecule has 7 heteroatoms. The Hall–Kier alpha value is -1.60. The quantitative estimate of drug-likeness (QED) is 0.815. The maximum absolute atomic E-state index is 10.8. The number of nitrogen functional groups attached to an aromatic ring is 1. The highest BCUT2D eigenvalue weighted by Crippen LogP contribution is 2.28. The number of carboxylic acids is 1. The van der Waals surface area contributed by atoms with Gasteiger partial charge < -0.3 is 10.8 Å². The topological polar surface area (TPSA) is 89.1 Å². The van der Waals surface area contributed by atoms with Crippen molar-refractivity contribution in [2.45, 2.75) is 16.5 Å². The number of aliphatic carboxylic acids is 1. The Morgan fingerprint density at radius 3 is 2.67 bits per heavy atom. The molecule has 2 aromatic rings. The summed E-state index contributed by atoms with van der Waals surface area (Å²) in [6, 6.07) is 7.50. The van der Waals surface area contributed by atoms with Crippen LogP contribution in [0.1, 0.15) is 11.1 Å². The van der Waals surface area contributed by atoms with Gasteiger partial charge in [0.05, 0.1) is 6.42 Å². The van der Waals surface area contributed by atoms with Gasteiger partial charge >= 0.3 is 5.97 Å². The van der Waals surface area contributed by atoms with Gasteiger partial charge in [-0.05, 0) is 11.1 Å². The van der Waals surface area contributed by atoms with Crippen molar-refractivity contribution in [1.29, 1.82) is 0 Å². The van der Waals surface area contributed by atoms with E-state index in [-0.39, 0.29) is 6.42 Å². The van der Waals surface area contributed by atoms with Crippen LogP contribution in [0.25, 0.3) is 0 Å². The zero-order valence-electron chi connectivity index (χ0n) is 9.37. The van der Waals surface area contributed by atoms with E-state index in [0.29, 0.717) is 10.9 Å². The third-order valence-electron chi connectivity index (χ3n) is 2.23. The number of nitrogens with two attached hydrogens (primary N) is 1. The Morgan fingerprint density at radius 1 is 1.33 bits per heavy atom. The van der Waals surface area contributed by atoms with Crippen molar-refractivity contribution in [3.8, 4) is 0 Å². The van der Waals surface area contributed by atoms with Crippen LogP contribution in [0, 0.1) is 0 Å². The van der Waals surface area contributed by atoms with Crippen molar-refractivity contribution in [2.24, 2.45) is 0 Å². The van der Waals surface area contributed by atoms with Gasteiger partial charge in [0.1, 0.15) is 0 Å². The van der Waals surface area contributed by atoms with Crippen molar-refractivity contribution < 1.29 is 9.90 Å². The molecule has 0 unspecified atom stereocenters. The van der Waals surface area contributed by atoms with Gasteiger partial charge in [-0.1, -0.05) is 47.4 Å². The number of anilines is 1. The Kier molecular flexibility index (Phi) is 4.16. The highest BCUT2D eigenvalue weighted by Gasteiger charge is 2.08.